The van der Waals surface area contributed by atoms with Crippen LogP contribution in [0, 0.1) is 17.1 Å². The highest BCUT2D eigenvalue weighted by Gasteiger charge is 1.83. The molecule has 0 bridgehead atoms. The second kappa shape index (κ2) is 10.7. The molecule has 0 aliphatic heterocycles. The van der Waals surface area contributed by atoms with Crippen molar-refractivity contribution in [2.45, 2.75) is 39.0 Å². The summed E-state index contributed by atoms with van der Waals surface area (Å²) in [4.78, 5) is 0. The van der Waals surface area contributed by atoms with E-state index in [2.05, 4.69) is 13.0 Å². The van der Waals surface area contributed by atoms with Crippen LogP contribution in [0.4, 0.5) is 4.39 Å². The second-order valence-corrected chi connectivity index (χ2v) is 3.26. The van der Waals surface area contributed by atoms with Crippen LogP contribution >= 0.6 is 0 Å². The average Bonchev–Trinajstić information content (AvgIpc) is 2.27. The van der Waals surface area contributed by atoms with Crippen molar-refractivity contribution in [2.75, 3.05) is 0 Å². The lowest BCUT2D eigenvalue weighted by Gasteiger charge is -1.89. The standard InChI is InChI=1S/C7H13N.C6H5F/c1-2-3-4-5-6-7-8;7-6-4-2-1-3-5-6/h2-6H2,1H3;1-5H. The molecular formula is C13H18FN. The minimum atomic E-state index is -0.178. The number of rotatable bonds is 4. The van der Waals surface area contributed by atoms with Gasteiger partial charge in [0.25, 0.3) is 0 Å². The number of unbranched alkanes of at least 4 members (excludes halogenated alkanes) is 4. The van der Waals surface area contributed by atoms with Gasteiger partial charge in [-0.05, 0) is 18.6 Å². The van der Waals surface area contributed by atoms with Gasteiger partial charge in [0.2, 0.25) is 0 Å². The van der Waals surface area contributed by atoms with E-state index in [-0.39, 0.29) is 5.82 Å². The zero-order valence-electron chi connectivity index (χ0n) is 9.25. The third-order valence-electron chi connectivity index (χ3n) is 1.88. The first-order chi connectivity index (χ1) is 7.31. The van der Waals surface area contributed by atoms with E-state index in [9.17, 15) is 4.39 Å². The highest BCUT2D eigenvalue weighted by atomic mass is 19.1. The lowest BCUT2D eigenvalue weighted by atomic mass is 10.2. The molecule has 0 spiro atoms. The van der Waals surface area contributed by atoms with Crippen molar-refractivity contribution in [1.82, 2.24) is 0 Å². The first kappa shape index (κ1) is 13.6. The van der Waals surface area contributed by atoms with Gasteiger partial charge < -0.3 is 0 Å². The van der Waals surface area contributed by atoms with Gasteiger partial charge in [-0.2, -0.15) is 5.26 Å². The fourth-order valence-electron chi connectivity index (χ4n) is 1.05. The van der Waals surface area contributed by atoms with Crippen LogP contribution in [0.2, 0.25) is 0 Å². The summed E-state index contributed by atoms with van der Waals surface area (Å²) in [6, 6.07) is 10.1. The first-order valence-electron chi connectivity index (χ1n) is 5.38. The van der Waals surface area contributed by atoms with Gasteiger partial charge in [0.05, 0.1) is 6.07 Å². The molecular weight excluding hydrogens is 189 g/mol. The molecule has 0 saturated carbocycles. The predicted molar refractivity (Wildman–Crippen MR) is 60.8 cm³/mol. The Hall–Kier alpha value is -1.36. The van der Waals surface area contributed by atoms with Crippen molar-refractivity contribution in [3.8, 4) is 6.07 Å². The Morgan fingerprint density at radius 3 is 2.20 bits per heavy atom. The predicted octanol–water partition coefficient (Wildman–Crippen LogP) is 4.31. The molecule has 1 aromatic rings. The number of hydrogen-bond donors (Lipinski definition) is 0. The van der Waals surface area contributed by atoms with Crippen LogP contribution < -0.4 is 0 Å². The molecule has 1 aromatic carbocycles. The molecule has 1 nitrogen and oxygen atoms in total. The molecule has 0 heterocycles. The van der Waals surface area contributed by atoms with Crippen molar-refractivity contribution in [3.63, 3.8) is 0 Å². The molecule has 0 amide bonds. The smallest absolute Gasteiger partial charge is 0.123 e. The molecule has 15 heavy (non-hydrogen) atoms. The molecule has 0 saturated heterocycles. The average molecular weight is 207 g/mol. The Kier molecular flexibility index (Phi) is 9.75. The first-order valence-corrected chi connectivity index (χ1v) is 5.38. The zero-order valence-corrected chi connectivity index (χ0v) is 9.25. The number of hydrogen-bond acceptors (Lipinski definition) is 1. The zero-order chi connectivity index (χ0) is 11.4. The van der Waals surface area contributed by atoms with Gasteiger partial charge in [-0.3, -0.25) is 0 Å². The van der Waals surface area contributed by atoms with Crippen molar-refractivity contribution in [3.05, 3.63) is 36.1 Å². The van der Waals surface area contributed by atoms with Crippen molar-refractivity contribution in [1.29, 1.82) is 5.26 Å². The van der Waals surface area contributed by atoms with Crippen LogP contribution in [0.5, 0.6) is 0 Å². The van der Waals surface area contributed by atoms with Crippen LogP contribution in [-0.4, -0.2) is 0 Å². The van der Waals surface area contributed by atoms with Gasteiger partial charge in [-0.1, -0.05) is 44.4 Å². The lowest BCUT2D eigenvalue weighted by molar-refractivity contribution is 0.628. The Balaban J connectivity index is 0.000000262. The monoisotopic (exact) mass is 207 g/mol. The molecule has 0 radical (unpaired) electrons. The fraction of sp³-hybridized carbons (Fsp3) is 0.462. The SMILES string of the molecule is CCCCCCC#N.Fc1ccccc1. The van der Waals surface area contributed by atoms with Gasteiger partial charge >= 0.3 is 0 Å². The van der Waals surface area contributed by atoms with Crippen molar-refractivity contribution in [2.24, 2.45) is 0 Å². The third-order valence-corrected chi connectivity index (χ3v) is 1.88. The van der Waals surface area contributed by atoms with E-state index < -0.39 is 0 Å². The Labute approximate surface area is 91.5 Å². The topological polar surface area (TPSA) is 23.8 Å². The van der Waals surface area contributed by atoms with Crippen molar-refractivity contribution < 1.29 is 4.39 Å². The quantitative estimate of drug-likeness (QED) is 0.675. The van der Waals surface area contributed by atoms with Gasteiger partial charge in [0, 0.05) is 6.42 Å². The summed E-state index contributed by atoms with van der Waals surface area (Å²) < 4.78 is 11.9. The molecule has 0 N–H and O–H groups in total. The summed E-state index contributed by atoms with van der Waals surface area (Å²) >= 11 is 0. The number of benzene rings is 1. The van der Waals surface area contributed by atoms with Gasteiger partial charge in [-0.15, -0.1) is 0 Å². The molecule has 0 atom stereocenters. The molecule has 82 valence electrons. The Morgan fingerprint density at radius 2 is 1.80 bits per heavy atom. The van der Waals surface area contributed by atoms with Gasteiger partial charge in [0.1, 0.15) is 5.82 Å². The highest BCUT2D eigenvalue weighted by Crippen LogP contribution is 2.00. The molecule has 2 heteroatoms. The summed E-state index contributed by atoms with van der Waals surface area (Å²) in [5.74, 6) is -0.178. The summed E-state index contributed by atoms with van der Waals surface area (Å²) in [6.07, 6.45) is 5.58. The van der Waals surface area contributed by atoms with Crippen LogP contribution in [0.25, 0.3) is 0 Å². The second-order valence-electron chi connectivity index (χ2n) is 3.26. The summed E-state index contributed by atoms with van der Waals surface area (Å²) in [5.41, 5.74) is 0. The van der Waals surface area contributed by atoms with Crippen LogP contribution in [0.3, 0.4) is 0 Å². The molecule has 0 fully saturated rings. The van der Waals surface area contributed by atoms with E-state index in [0.29, 0.717) is 0 Å². The molecule has 0 aromatic heterocycles. The molecule has 0 unspecified atom stereocenters. The van der Waals surface area contributed by atoms with E-state index in [1.807, 2.05) is 0 Å². The maximum absolute atomic E-state index is 11.9. The summed E-state index contributed by atoms with van der Waals surface area (Å²) in [5, 5.41) is 8.12. The highest BCUT2D eigenvalue weighted by molar-refractivity contribution is 5.02. The maximum Gasteiger partial charge on any atom is 0.123 e. The molecule has 1 rings (SSSR count). The largest absolute Gasteiger partial charge is 0.207 e. The summed E-state index contributed by atoms with van der Waals surface area (Å²) in [7, 11) is 0. The minimum Gasteiger partial charge on any atom is -0.207 e. The van der Waals surface area contributed by atoms with E-state index in [1.165, 1.54) is 31.4 Å². The van der Waals surface area contributed by atoms with E-state index in [0.717, 1.165) is 12.8 Å². The van der Waals surface area contributed by atoms with Gasteiger partial charge in [-0.25, -0.2) is 4.39 Å². The van der Waals surface area contributed by atoms with Crippen LogP contribution in [0.1, 0.15) is 39.0 Å². The normalized spacial score (nSPS) is 8.60. The van der Waals surface area contributed by atoms with E-state index in [1.54, 1.807) is 18.2 Å². The van der Waals surface area contributed by atoms with Gasteiger partial charge in [0.15, 0.2) is 0 Å². The fourth-order valence-corrected chi connectivity index (χ4v) is 1.05. The molecule has 0 aliphatic carbocycles. The number of halogens is 1. The third kappa shape index (κ3) is 10.6. The molecule has 0 aliphatic rings. The number of nitrogens with zero attached hydrogens (tertiary/aromatic N) is 1. The Morgan fingerprint density at radius 1 is 1.13 bits per heavy atom. The lowest BCUT2D eigenvalue weighted by Crippen LogP contribution is -1.72. The van der Waals surface area contributed by atoms with Crippen LogP contribution in [-0.2, 0) is 0 Å². The van der Waals surface area contributed by atoms with E-state index >= 15 is 0 Å². The van der Waals surface area contributed by atoms with E-state index in [4.69, 9.17) is 5.26 Å². The Bertz CT molecular complexity index is 264. The minimum absolute atomic E-state index is 0.178. The maximum atomic E-state index is 11.9. The van der Waals surface area contributed by atoms with Crippen molar-refractivity contribution >= 4 is 0 Å². The van der Waals surface area contributed by atoms with Crippen LogP contribution in [0.15, 0.2) is 30.3 Å². The number of nitriles is 1. The summed E-state index contributed by atoms with van der Waals surface area (Å²) in [6.45, 7) is 2.17.